The van der Waals surface area contributed by atoms with Gasteiger partial charge in [-0.1, -0.05) is 50.8 Å². The van der Waals surface area contributed by atoms with Gasteiger partial charge in [-0.2, -0.15) is 0 Å². The molecular formula is C22H34N3O2+. The number of nitrogens with zero attached hydrogens (tertiary/aromatic N) is 1. The molecule has 2 fully saturated rings. The number of hydrogen-bond donors (Lipinski definition) is 2. The van der Waals surface area contributed by atoms with Gasteiger partial charge in [-0.05, 0) is 30.4 Å². The molecule has 0 atom stereocenters. The zero-order valence-electron chi connectivity index (χ0n) is 16.6. The number of anilines is 1. The molecule has 148 valence electrons. The number of aryl methyl sites for hydroxylation is 1. The Hall–Kier alpha value is -1.88. The number of amides is 2. The van der Waals surface area contributed by atoms with Gasteiger partial charge in [0, 0.05) is 12.1 Å². The Kier molecular flexibility index (Phi) is 7.27. The van der Waals surface area contributed by atoms with Gasteiger partial charge in [-0.3, -0.25) is 9.59 Å². The fourth-order valence-corrected chi connectivity index (χ4v) is 4.41. The first-order valence-electron chi connectivity index (χ1n) is 10.6. The van der Waals surface area contributed by atoms with E-state index in [1.54, 1.807) is 0 Å². The molecule has 0 aromatic heterocycles. The van der Waals surface area contributed by atoms with E-state index in [9.17, 15) is 9.59 Å². The van der Waals surface area contributed by atoms with E-state index in [0.29, 0.717) is 18.9 Å². The second-order valence-electron chi connectivity index (χ2n) is 8.06. The lowest BCUT2D eigenvalue weighted by atomic mass is 10.0. The van der Waals surface area contributed by atoms with Gasteiger partial charge in [0.2, 0.25) is 5.91 Å². The lowest BCUT2D eigenvalue weighted by molar-refractivity contribution is -0.895. The summed E-state index contributed by atoms with van der Waals surface area (Å²) in [6.45, 7) is 5.84. The third-order valence-corrected chi connectivity index (χ3v) is 6.15. The topological polar surface area (TPSA) is 53.9 Å². The van der Waals surface area contributed by atoms with Gasteiger partial charge in [0.1, 0.15) is 0 Å². The van der Waals surface area contributed by atoms with Crippen molar-refractivity contribution in [2.45, 2.75) is 51.9 Å². The molecule has 0 unspecified atom stereocenters. The van der Waals surface area contributed by atoms with Crippen LogP contribution in [0, 0.1) is 5.92 Å². The fourth-order valence-electron chi connectivity index (χ4n) is 4.41. The Labute approximate surface area is 163 Å². The molecule has 1 aromatic rings. The molecule has 1 aliphatic heterocycles. The van der Waals surface area contributed by atoms with Crippen molar-refractivity contribution in [3.8, 4) is 0 Å². The van der Waals surface area contributed by atoms with Crippen LogP contribution >= 0.6 is 0 Å². The Morgan fingerprint density at radius 2 is 1.85 bits per heavy atom. The molecule has 0 radical (unpaired) electrons. The van der Waals surface area contributed by atoms with E-state index in [4.69, 9.17) is 0 Å². The number of nitrogens with one attached hydrogen (secondary N) is 2. The van der Waals surface area contributed by atoms with Crippen LogP contribution in [0.5, 0.6) is 0 Å². The number of benzene rings is 1. The van der Waals surface area contributed by atoms with Crippen molar-refractivity contribution in [1.82, 2.24) is 4.90 Å². The van der Waals surface area contributed by atoms with E-state index in [1.165, 1.54) is 36.1 Å². The fraction of sp³-hybridized carbons (Fsp3) is 0.636. The van der Waals surface area contributed by atoms with Crippen LogP contribution in [0.15, 0.2) is 24.3 Å². The molecule has 1 aliphatic carbocycles. The first-order chi connectivity index (χ1) is 13.2. The number of para-hydroxylation sites is 1. The summed E-state index contributed by atoms with van der Waals surface area (Å²) in [5, 5.41) is 3.05. The number of rotatable bonds is 7. The monoisotopic (exact) mass is 372 g/mol. The normalized spacial score (nSPS) is 18.6. The van der Waals surface area contributed by atoms with Gasteiger partial charge >= 0.3 is 0 Å². The van der Waals surface area contributed by atoms with E-state index < -0.39 is 0 Å². The maximum atomic E-state index is 12.4. The van der Waals surface area contributed by atoms with Crippen LogP contribution in [-0.2, 0) is 16.0 Å². The highest BCUT2D eigenvalue weighted by Crippen LogP contribution is 2.28. The number of carbonyl (C=O) groups is 2. The predicted octanol–water partition coefficient (Wildman–Crippen LogP) is 1.88. The molecule has 2 aliphatic rings. The molecule has 5 heteroatoms. The number of quaternary nitrogens is 1. The zero-order valence-corrected chi connectivity index (χ0v) is 16.6. The molecule has 0 bridgehead atoms. The van der Waals surface area contributed by atoms with Crippen molar-refractivity contribution in [1.29, 1.82) is 0 Å². The van der Waals surface area contributed by atoms with Crippen molar-refractivity contribution >= 4 is 17.5 Å². The zero-order chi connectivity index (χ0) is 19.1. The molecule has 1 aromatic carbocycles. The van der Waals surface area contributed by atoms with E-state index in [2.05, 4.69) is 18.3 Å². The van der Waals surface area contributed by atoms with Crippen LogP contribution in [-0.4, -0.2) is 49.4 Å². The van der Waals surface area contributed by atoms with Gasteiger partial charge in [-0.25, -0.2) is 0 Å². The molecule has 2 N–H and O–H groups in total. The third-order valence-electron chi connectivity index (χ3n) is 6.15. The molecular weight excluding hydrogens is 338 g/mol. The van der Waals surface area contributed by atoms with Gasteiger partial charge in [0.05, 0.1) is 26.2 Å². The van der Waals surface area contributed by atoms with E-state index in [0.717, 1.165) is 50.6 Å². The van der Waals surface area contributed by atoms with Crippen LogP contribution in [0.3, 0.4) is 0 Å². The van der Waals surface area contributed by atoms with Crippen LogP contribution in [0.2, 0.25) is 0 Å². The first-order valence-corrected chi connectivity index (χ1v) is 10.6. The highest BCUT2D eigenvalue weighted by atomic mass is 16.2. The number of hydrogen-bond acceptors (Lipinski definition) is 2. The second-order valence-corrected chi connectivity index (χ2v) is 8.06. The Bertz CT molecular complexity index is 632. The predicted molar refractivity (Wildman–Crippen MR) is 108 cm³/mol. The average molecular weight is 373 g/mol. The minimum atomic E-state index is 0.0620. The summed E-state index contributed by atoms with van der Waals surface area (Å²) >= 11 is 0. The van der Waals surface area contributed by atoms with Crippen LogP contribution in [0.1, 0.15) is 51.0 Å². The lowest BCUT2D eigenvalue weighted by Gasteiger charge is -2.32. The summed E-state index contributed by atoms with van der Waals surface area (Å²) in [7, 11) is 0. The van der Waals surface area contributed by atoms with Crippen molar-refractivity contribution in [2.75, 3.05) is 38.0 Å². The summed E-state index contributed by atoms with van der Waals surface area (Å²) in [6.07, 6.45) is 7.96. The molecule has 0 spiro atoms. The SMILES string of the molecule is CCc1ccccc1NC(=O)C[NH+]1CCN(C(=O)CCC2CCCC2)CC1. The Morgan fingerprint density at radius 3 is 2.56 bits per heavy atom. The summed E-state index contributed by atoms with van der Waals surface area (Å²) in [5.41, 5.74) is 2.09. The molecule has 5 nitrogen and oxygen atoms in total. The minimum absolute atomic E-state index is 0.0620. The smallest absolute Gasteiger partial charge is 0.279 e. The van der Waals surface area contributed by atoms with Crippen molar-refractivity contribution in [3.05, 3.63) is 29.8 Å². The molecule has 3 rings (SSSR count). The molecule has 1 saturated carbocycles. The maximum Gasteiger partial charge on any atom is 0.279 e. The van der Waals surface area contributed by atoms with Crippen molar-refractivity contribution in [3.63, 3.8) is 0 Å². The van der Waals surface area contributed by atoms with E-state index in [-0.39, 0.29) is 5.91 Å². The summed E-state index contributed by atoms with van der Waals surface area (Å²) in [4.78, 5) is 28.1. The summed E-state index contributed by atoms with van der Waals surface area (Å²) < 4.78 is 0. The molecule has 2 amide bonds. The van der Waals surface area contributed by atoms with Crippen LogP contribution in [0.4, 0.5) is 5.69 Å². The van der Waals surface area contributed by atoms with Crippen LogP contribution < -0.4 is 10.2 Å². The largest absolute Gasteiger partial charge is 0.331 e. The molecule has 1 heterocycles. The summed E-state index contributed by atoms with van der Waals surface area (Å²) in [5.74, 6) is 1.14. The second kappa shape index (κ2) is 9.88. The Morgan fingerprint density at radius 1 is 1.15 bits per heavy atom. The standard InChI is InChI=1S/C22H33N3O2/c1-2-19-9-5-6-10-20(19)23-21(26)17-24-13-15-25(16-14-24)22(27)12-11-18-7-3-4-8-18/h5-6,9-10,18H,2-4,7-8,11-17H2,1H3,(H,23,26)/p+1. The summed E-state index contributed by atoms with van der Waals surface area (Å²) in [6, 6.07) is 7.98. The third kappa shape index (κ3) is 5.80. The minimum Gasteiger partial charge on any atom is -0.331 e. The molecule has 1 saturated heterocycles. The lowest BCUT2D eigenvalue weighted by Crippen LogP contribution is -3.15. The number of carbonyl (C=O) groups excluding carboxylic acids is 2. The quantitative estimate of drug-likeness (QED) is 0.768. The van der Waals surface area contributed by atoms with Crippen molar-refractivity contribution in [2.24, 2.45) is 5.92 Å². The van der Waals surface area contributed by atoms with E-state index >= 15 is 0 Å². The average Bonchev–Trinajstić information content (AvgIpc) is 3.20. The maximum absolute atomic E-state index is 12.4. The highest BCUT2D eigenvalue weighted by molar-refractivity contribution is 5.92. The number of piperazine rings is 1. The first kappa shape index (κ1) is 19.9. The van der Waals surface area contributed by atoms with Crippen molar-refractivity contribution < 1.29 is 14.5 Å². The Balaban J connectivity index is 1.38. The van der Waals surface area contributed by atoms with Gasteiger partial charge in [0.15, 0.2) is 6.54 Å². The molecule has 27 heavy (non-hydrogen) atoms. The van der Waals surface area contributed by atoms with Crippen LogP contribution in [0.25, 0.3) is 0 Å². The van der Waals surface area contributed by atoms with Gasteiger partial charge in [0.25, 0.3) is 5.91 Å². The van der Waals surface area contributed by atoms with Gasteiger partial charge in [-0.15, -0.1) is 0 Å². The van der Waals surface area contributed by atoms with Gasteiger partial charge < -0.3 is 15.1 Å². The van der Waals surface area contributed by atoms with E-state index in [1.807, 2.05) is 23.1 Å². The highest BCUT2D eigenvalue weighted by Gasteiger charge is 2.26.